The van der Waals surface area contributed by atoms with Gasteiger partial charge >= 0.3 is 5.69 Å². The topological polar surface area (TPSA) is 76.2 Å². The first-order valence-corrected chi connectivity index (χ1v) is 10.0. The van der Waals surface area contributed by atoms with Crippen LogP contribution in [0.5, 0.6) is 0 Å². The van der Waals surface area contributed by atoms with Crippen LogP contribution in [0.25, 0.3) is 16.6 Å². The Morgan fingerprint density at radius 3 is 2.38 bits per heavy atom. The van der Waals surface area contributed by atoms with Crippen molar-refractivity contribution in [2.75, 3.05) is 18.0 Å². The number of aromatic nitrogens is 4. The number of halogens is 1. The number of anilines is 1. The largest absolute Gasteiger partial charge is 0.388 e. The summed E-state index contributed by atoms with van der Waals surface area (Å²) in [6.45, 7) is 11.6. The Kier molecular flexibility index (Phi) is 6.02. The Morgan fingerprint density at radius 2 is 1.86 bits per heavy atom. The first-order chi connectivity index (χ1) is 13.9. The van der Waals surface area contributed by atoms with E-state index in [0.717, 1.165) is 34.5 Å². The lowest BCUT2D eigenvalue weighted by atomic mass is 9.98. The molecular weight excluding hydrogens is 373 g/mol. The molecule has 2 heterocycles. The number of hydrogen-bond acceptors (Lipinski definition) is 5. The van der Waals surface area contributed by atoms with E-state index in [9.17, 15) is 9.90 Å². The number of benzene rings is 1. The van der Waals surface area contributed by atoms with Crippen LogP contribution in [0.2, 0.25) is 0 Å². The predicted octanol–water partition coefficient (Wildman–Crippen LogP) is 3.20. The van der Waals surface area contributed by atoms with Crippen LogP contribution in [-0.2, 0) is 13.2 Å². The van der Waals surface area contributed by atoms with Gasteiger partial charge in [0, 0.05) is 31.1 Å². The van der Waals surface area contributed by atoms with E-state index >= 15 is 4.39 Å². The molecule has 0 atom stereocenters. The number of aliphatic hydroxyl groups is 1. The molecule has 0 amide bonds. The Balaban J connectivity index is 2.29. The highest BCUT2D eigenvalue weighted by molar-refractivity contribution is 5.86. The summed E-state index contributed by atoms with van der Waals surface area (Å²) >= 11 is 0. The second kappa shape index (κ2) is 8.32. The molecular formula is C21H28FN5O2. The molecule has 7 nitrogen and oxygen atoms in total. The van der Waals surface area contributed by atoms with Crippen molar-refractivity contribution in [2.24, 2.45) is 0 Å². The summed E-state index contributed by atoms with van der Waals surface area (Å²) < 4.78 is 17.4. The Morgan fingerprint density at radius 1 is 1.17 bits per heavy atom. The van der Waals surface area contributed by atoms with E-state index < -0.39 is 18.1 Å². The number of nitrogens with zero attached hydrogens (tertiary/aromatic N) is 5. The van der Waals surface area contributed by atoms with E-state index in [1.165, 1.54) is 10.6 Å². The highest BCUT2D eigenvalue weighted by Crippen LogP contribution is 2.31. The van der Waals surface area contributed by atoms with Gasteiger partial charge in [-0.05, 0) is 44.4 Å². The standard InChI is InChI=1S/C21H28FN5O2/c1-6-25(7-2)19-10-14(13(4)5)15-9-18(16(22)11-17(15)23-19)27-21(29)26(8-3)20(12-28)24-27/h9-11,13,28H,6-8,12H2,1-5H3. The van der Waals surface area contributed by atoms with Crippen molar-refractivity contribution in [3.8, 4) is 5.69 Å². The van der Waals surface area contributed by atoms with Crippen molar-refractivity contribution in [2.45, 2.75) is 53.7 Å². The smallest absolute Gasteiger partial charge is 0.350 e. The van der Waals surface area contributed by atoms with Crippen LogP contribution in [-0.4, -0.2) is 37.5 Å². The summed E-state index contributed by atoms with van der Waals surface area (Å²) in [5.41, 5.74) is 1.16. The number of pyridine rings is 1. The summed E-state index contributed by atoms with van der Waals surface area (Å²) in [4.78, 5) is 19.5. The lowest BCUT2D eigenvalue weighted by molar-refractivity contribution is 0.264. The molecule has 0 bridgehead atoms. The van der Waals surface area contributed by atoms with Crippen LogP contribution >= 0.6 is 0 Å². The highest BCUT2D eigenvalue weighted by Gasteiger charge is 2.19. The van der Waals surface area contributed by atoms with E-state index in [-0.39, 0.29) is 17.4 Å². The third kappa shape index (κ3) is 3.64. The van der Waals surface area contributed by atoms with Crippen LogP contribution in [0.4, 0.5) is 10.2 Å². The van der Waals surface area contributed by atoms with Gasteiger partial charge in [0.15, 0.2) is 11.6 Å². The predicted molar refractivity (Wildman–Crippen MR) is 112 cm³/mol. The molecule has 3 aromatic rings. The summed E-state index contributed by atoms with van der Waals surface area (Å²) in [6, 6.07) is 5.03. The molecule has 1 N–H and O–H groups in total. The van der Waals surface area contributed by atoms with Gasteiger partial charge in [0.1, 0.15) is 18.1 Å². The molecule has 0 radical (unpaired) electrons. The summed E-state index contributed by atoms with van der Waals surface area (Å²) in [7, 11) is 0. The van der Waals surface area contributed by atoms with Gasteiger partial charge in [-0.25, -0.2) is 14.2 Å². The van der Waals surface area contributed by atoms with Crippen molar-refractivity contribution in [3.63, 3.8) is 0 Å². The molecule has 156 valence electrons. The SMILES string of the molecule is CCN(CC)c1cc(C(C)C)c2cc(-n3nc(CO)n(CC)c3=O)c(F)cc2n1. The first-order valence-electron chi connectivity index (χ1n) is 10.0. The lowest BCUT2D eigenvalue weighted by Crippen LogP contribution is -2.25. The third-order valence-corrected chi connectivity index (χ3v) is 5.23. The monoisotopic (exact) mass is 401 g/mol. The second-order valence-corrected chi connectivity index (χ2v) is 7.23. The van der Waals surface area contributed by atoms with Crippen LogP contribution < -0.4 is 10.6 Å². The minimum absolute atomic E-state index is 0.0590. The fraction of sp³-hybridized carbons (Fsp3) is 0.476. The van der Waals surface area contributed by atoms with Gasteiger partial charge in [0.25, 0.3) is 0 Å². The number of hydrogen-bond donors (Lipinski definition) is 1. The summed E-state index contributed by atoms with van der Waals surface area (Å²) in [6.07, 6.45) is 0. The van der Waals surface area contributed by atoms with Gasteiger partial charge in [-0.1, -0.05) is 13.8 Å². The quantitative estimate of drug-likeness (QED) is 0.658. The zero-order valence-corrected chi connectivity index (χ0v) is 17.6. The third-order valence-electron chi connectivity index (χ3n) is 5.23. The maximum absolute atomic E-state index is 15.0. The van der Waals surface area contributed by atoms with Crippen molar-refractivity contribution >= 4 is 16.7 Å². The Labute approximate surface area is 169 Å². The molecule has 8 heteroatoms. The Hall–Kier alpha value is -2.74. The van der Waals surface area contributed by atoms with Crippen LogP contribution in [0.15, 0.2) is 23.0 Å². The molecule has 3 rings (SSSR count). The minimum Gasteiger partial charge on any atom is -0.388 e. The van der Waals surface area contributed by atoms with Crippen LogP contribution in [0.1, 0.15) is 51.9 Å². The molecule has 0 aliphatic carbocycles. The van der Waals surface area contributed by atoms with Gasteiger partial charge in [-0.3, -0.25) is 4.57 Å². The second-order valence-electron chi connectivity index (χ2n) is 7.23. The summed E-state index contributed by atoms with van der Waals surface area (Å²) in [5.74, 6) is 0.624. The number of rotatable bonds is 7. The van der Waals surface area contributed by atoms with Crippen LogP contribution in [0, 0.1) is 5.82 Å². The Bertz CT molecular complexity index is 1080. The molecule has 0 saturated heterocycles. The molecule has 29 heavy (non-hydrogen) atoms. The average molecular weight is 401 g/mol. The minimum atomic E-state index is -0.580. The molecule has 0 aliphatic rings. The molecule has 0 saturated carbocycles. The maximum Gasteiger partial charge on any atom is 0.350 e. The van der Waals surface area contributed by atoms with Crippen molar-refractivity contribution < 1.29 is 9.50 Å². The van der Waals surface area contributed by atoms with Crippen molar-refractivity contribution in [1.82, 2.24) is 19.3 Å². The first kappa shape index (κ1) is 21.0. The van der Waals surface area contributed by atoms with E-state index in [4.69, 9.17) is 0 Å². The van der Waals surface area contributed by atoms with Gasteiger partial charge in [0.2, 0.25) is 0 Å². The molecule has 0 unspecified atom stereocenters. The highest BCUT2D eigenvalue weighted by atomic mass is 19.1. The van der Waals surface area contributed by atoms with Crippen molar-refractivity contribution in [1.29, 1.82) is 0 Å². The average Bonchev–Trinajstić information content (AvgIpc) is 3.02. The molecule has 0 spiro atoms. The molecule has 0 aliphatic heterocycles. The number of aliphatic hydroxyl groups excluding tert-OH is 1. The van der Waals surface area contributed by atoms with Gasteiger partial charge in [-0.15, -0.1) is 5.10 Å². The fourth-order valence-corrected chi connectivity index (χ4v) is 3.63. The zero-order chi connectivity index (χ0) is 21.3. The molecule has 1 aromatic carbocycles. The molecule has 2 aromatic heterocycles. The fourth-order valence-electron chi connectivity index (χ4n) is 3.63. The summed E-state index contributed by atoms with van der Waals surface area (Å²) in [5, 5.41) is 14.4. The van der Waals surface area contributed by atoms with Gasteiger partial charge in [0.05, 0.1) is 5.52 Å². The van der Waals surface area contributed by atoms with E-state index in [0.29, 0.717) is 12.1 Å². The lowest BCUT2D eigenvalue weighted by Gasteiger charge is -2.22. The van der Waals surface area contributed by atoms with Crippen molar-refractivity contribution in [3.05, 3.63) is 45.9 Å². The maximum atomic E-state index is 15.0. The van der Waals surface area contributed by atoms with E-state index in [1.807, 2.05) is 6.07 Å². The van der Waals surface area contributed by atoms with Gasteiger partial charge in [-0.2, -0.15) is 4.68 Å². The normalized spacial score (nSPS) is 11.6. The number of fused-ring (bicyclic) bond motifs is 1. The molecule has 0 fully saturated rings. The van der Waals surface area contributed by atoms with E-state index in [1.54, 1.807) is 13.0 Å². The van der Waals surface area contributed by atoms with Gasteiger partial charge < -0.3 is 10.0 Å². The van der Waals surface area contributed by atoms with Crippen LogP contribution in [0.3, 0.4) is 0 Å². The van der Waals surface area contributed by atoms with E-state index in [2.05, 4.69) is 42.7 Å². The zero-order valence-electron chi connectivity index (χ0n) is 17.6.